The molecule has 0 aliphatic rings. The van der Waals surface area contributed by atoms with Gasteiger partial charge in [-0.1, -0.05) is 48.0 Å². The molecule has 3 aromatic carbocycles. The minimum Gasteiger partial charge on any atom is -0.422 e. The van der Waals surface area contributed by atoms with Gasteiger partial charge in [-0.2, -0.15) is 13.2 Å². The first-order valence-electron chi connectivity index (χ1n) is 12.1. The zero-order valence-electron chi connectivity index (χ0n) is 21.0. The first-order valence-corrected chi connectivity index (χ1v) is 13.5. The minimum atomic E-state index is -4.91. The van der Waals surface area contributed by atoms with Crippen LogP contribution in [0.25, 0.3) is 22.1 Å². The lowest BCUT2D eigenvalue weighted by Crippen LogP contribution is -2.22. The molecule has 0 fully saturated rings. The van der Waals surface area contributed by atoms with Gasteiger partial charge >= 0.3 is 11.8 Å². The zero-order valence-corrected chi connectivity index (χ0v) is 22.5. The lowest BCUT2D eigenvalue weighted by atomic mass is 9.94. The van der Waals surface area contributed by atoms with E-state index >= 15 is 0 Å². The number of pyridine rings is 1. The molecule has 0 aliphatic carbocycles. The van der Waals surface area contributed by atoms with Crippen molar-refractivity contribution in [1.29, 1.82) is 0 Å². The number of alkyl halides is 3. The molecule has 11 heteroatoms. The van der Waals surface area contributed by atoms with Gasteiger partial charge in [0.25, 0.3) is 0 Å². The summed E-state index contributed by atoms with van der Waals surface area (Å²) in [5.74, 6) is -1.57. The Balaban J connectivity index is 1.57. The number of halogens is 5. The van der Waals surface area contributed by atoms with Gasteiger partial charge in [0.15, 0.2) is 0 Å². The van der Waals surface area contributed by atoms with E-state index in [9.17, 15) is 27.2 Å². The largest absolute Gasteiger partial charge is 0.422 e. The quantitative estimate of drug-likeness (QED) is 0.116. The number of benzene rings is 3. The molecular weight excluding hydrogens is 580 g/mol. The van der Waals surface area contributed by atoms with Crippen LogP contribution in [-0.2, 0) is 23.1 Å². The fraction of sp³-hybridized carbons (Fsp3) is 0.100. The Hall–Kier alpha value is -4.15. The molecule has 0 aliphatic heterocycles. The van der Waals surface area contributed by atoms with E-state index in [1.165, 1.54) is 17.8 Å². The number of anilines is 1. The number of fused-ring (bicyclic) bond motifs is 1. The fourth-order valence-corrected chi connectivity index (χ4v) is 5.46. The van der Waals surface area contributed by atoms with Gasteiger partial charge in [-0.3, -0.25) is 4.79 Å². The first kappa shape index (κ1) is 28.4. The van der Waals surface area contributed by atoms with E-state index in [1.54, 1.807) is 48.7 Å². The van der Waals surface area contributed by atoms with Gasteiger partial charge in [-0.15, -0.1) is 11.8 Å². The lowest BCUT2D eigenvalue weighted by molar-refractivity contribution is -0.137. The molecular formula is C30H19ClF4N2O3S. The van der Waals surface area contributed by atoms with Crippen molar-refractivity contribution in [2.75, 3.05) is 5.32 Å². The van der Waals surface area contributed by atoms with E-state index in [4.69, 9.17) is 16.0 Å². The average Bonchev–Trinajstić information content (AvgIpc) is 2.94. The maximum absolute atomic E-state index is 13.5. The summed E-state index contributed by atoms with van der Waals surface area (Å²) in [6, 6.07) is 19.5. The molecule has 41 heavy (non-hydrogen) atoms. The van der Waals surface area contributed by atoms with Crippen LogP contribution in [0.5, 0.6) is 0 Å². The van der Waals surface area contributed by atoms with Crippen LogP contribution < -0.4 is 10.9 Å². The molecule has 1 N–H and O–H groups in total. The minimum absolute atomic E-state index is 0.0532. The number of thioether (sulfide) groups is 1. The van der Waals surface area contributed by atoms with Crippen LogP contribution in [0, 0.1) is 5.82 Å². The maximum atomic E-state index is 13.5. The van der Waals surface area contributed by atoms with Crippen molar-refractivity contribution in [3.8, 4) is 11.1 Å². The highest BCUT2D eigenvalue weighted by atomic mass is 35.5. The second-order valence-corrected chi connectivity index (χ2v) is 10.3. The van der Waals surface area contributed by atoms with Gasteiger partial charge in [0.05, 0.1) is 28.3 Å². The predicted molar refractivity (Wildman–Crippen MR) is 150 cm³/mol. The molecule has 1 amide bonds. The topological polar surface area (TPSA) is 72.2 Å². The molecule has 208 valence electrons. The highest BCUT2D eigenvalue weighted by Gasteiger charge is 2.34. The number of amides is 1. The number of hydrogen-bond acceptors (Lipinski definition) is 5. The Kier molecular flexibility index (Phi) is 8.14. The summed E-state index contributed by atoms with van der Waals surface area (Å²) in [6.45, 7) is 0. The Labute approximate surface area is 240 Å². The van der Waals surface area contributed by atoms with Gasteiger partial charge in [-0.05, 0) is 47.5 Å². The molecule has 0 bridgehead atoms. The van der Waals surface area contributed by atoms with Crippen molar-refractivity contribution in [2.24, 2.45) is 0 Å². The number of carbonyl (C=O) groups excluding carboxylic acids is 1. The molecule has 0 saturated heterocycles. The molecule has 0 radical (unpaired) electrons. The fourth-order valence-electron chi connectivity index (χ4n) is 4.31. The van der Waals surface area contributed by atoms with Crippen molar-refractivity contribution >= 4 is 45.9 Å². The Bertz CT molecular complexity index is 1800. The number of aromatic nitrogens is 1. The molecule has 5 rings (SSSR count). The summed E-state index contributed by atoms with van der Waals surface area (Å²) < 4.78 is 59.5. The van der Waals surface area contributed by atoms with E-state index in [0.717, 1.165) is 22.7 Å². The van der Waals surface area contributed by atoms with Gasteiger partial charge < -0.3 is 9.73 Å². The number of nitrogens with one attached hydrogen (secondary N) is 1. The normalized spacial score (nSPS) is 11.5. The highest BCUT2D eigenvalue weighted by Crippen LogP contribution is 2.37. The maximum Gasteiger partial charge on any atom is 0.418 e. The van der Waals surface area contributed by atoms with Crippen LogP contribution in [0.15, 0.2) is 99.3 Å². The van der Waals surface area contributed by atoms with Gasteiger partial charge in [-0.25, -0.2) is 14.2 Å². The summed E-state index contributed by atoms with van der Waals surface area (Å²) in [5, 5.41) is 3.81. The standard InChI is InChI=1S/C30H19ClF4N2O3S/c31-23-15-25-20(12-18(23)16-41-27-8-4-5-11-36-27)28(17-6-2-1-3-7-17)21(29(39)40-25)14-26(38)37-24-10-9-19(32)13-22(24)30(33,34)35/h1-13,15H,14,16H2,(H,37,38). The summed E-state index contributed by atoms with van der Waals surface area (Å²) in [6.07, 6.45) is -3.84. The lowest BCUT2D eigenvalue weighted by Gasteiger charge is -2.16. The first-order chi connectivity index (χ1) is 19.6. The second-order valence-electron chi connectivity index (χ2n) is 8.92. The molecule has 0 atom stereocenters. The van der Waals surface area contributed by atoms with Crippen molar-refractivity contribution in [1.82, 2.24) is 4.98 Å². The van der Waals surface area contributed by atoms with Crippen molar-refractivity contribution in [2.45, 2.75) is 23.4 Å². The van der Waals surface area contributed by atoms with Crippen LogP contribution in [0.2, 0.25) is 5.02 Å². The summed E-state index contributed by atoms with van der Waals surface area (Å²) in [5.41, 5.74) is -0.972. The Morgan fingerprint density at radius 1 is 1.00 bits per heavy atom. The second kappa shape index (κ2) is 11.8. The van der Waals surface area contributed by atoms with E-state index < -0.39 is 41.2 Å². The number of carbonyl (C=O) groups is 1. The molecule has 0 spiro atoms. The molecule has 5 nitrogen and oxygen atoms in total. The third-order valence-corrected chi connectivity index (χ3v) is 7.49. The number of hydrogen-bond donors (Lipinski definition) is 1. The summed E-state index contributed by atoms with van der Waals surface area (Å²) in [7, 11) is 0. The van der Waals surface area contributed by atoms with E-state index in [1.807, 2.05) is 12.1 Å². The van der Waals surface area contributed by atoms with Crippen LogP contribution in [0.1, 0.15) is 16.7 Å². The van der Waals surface area contributed by atoms with Crippen LogP contribution in [0.3, 0.4) is 0 Å². The molecule has 2 aromatic heterocycles. The van der Waals surface area contributed by atoms with Gasteiger partial charge in [0, 0.05) is 34.0 Å². The average molecular weight is 599 g/mol. The van der Waals surface area contributed by atoms with Crippen LogP contribution >= 0.6 is 23.4 Å². The highest BCUT2D eigenvalue weighted by molar-refractivity contribution is 7.98. The van der Waals surface area contributed by atoms with E-state index in [2.05, 4.69) is 10.3 Å². The van der Waals surface area contributed by atoms with Crippen LogP contribution in [-0.4, -0.2) is 10.9 Å². The van der Waals surface area contributed by atoms with Crippen molar-refractivity contribution in [3.63, 3.8) is 0 Å². The number of rotatable bonds is 7. The number of nitrogens with zero attached hydrogens (tertiary/aromatic N) is 1. The summed E-state index contributed by atoms with van der Waals surface area (Å²) in [4.78, 5) is 30.5. The molecule has 2 heterocycles. The van der Waals surface area contributed by atoms with Crippen molar-refractivity contribution < 1.29 is 26.8 Å². The van der Waals surface area contributed by atoms with Crippen molar-refractivity contribution in [3.05, 3.63) is 123 Å². The smallest absolute Gasteiger partial charge is 0.418 e. The Morgan fingerprint density at radius 2 is 1.76 bits per heavy atom. The SMILES string of the molecule is O=C(Cc1c(-c2ccccc2)c2cc(CSc3ccccn3)c(Cl)cc2oc1=O)Nc1ccc(F)cc1C(F)(F)F. The third-order valence-electron chi connectivity index (χ3n) is 6.14. The molecule has 0 saturated carbocycles. The van der Waals surface area contributed by atoms with E-state index in [-0.39, 0.29) is 11.1 Å². The van der Waals surface area contributed by atoms with E-state index in [0.29, 0.717) is 33.4 Å². The van der Waals surface area contributed by atoms with Gasteiger partial charge in [0.1, 0.15) is 11.4 Å². The molecule has 5 aromatic rings. The predicted octanol–water partition coefficient (Wildman–Crippen LogP) is 8.14. The third kappa shape index (κ3) is 6.44. The summed E-state index contributed by atoms with van der Waals surface area (Å²) >= 11 is 7.97. The molecule has 0 unspecified atom stereocenters. The zero-order chi connectivity index (χ0) is 29.1. The Morgan fingerprint density at radius 3 is 2.46 bits per heavy atom. The van der Waals surface area contributed by atoms with Crippen LogP contribution in [0.4, 0.5) is 23.2 Å². The monoisotopic (exact) mass is 598 g/mol. The van der Waals surface area contributed by atoms with Gasteiger partial charge in [0.2, 0.25) is 5.91 Å².